The molecular weight excluding hydrogens is 494 g/mol. The van der Waals surface area contributed by atoms with Crippen molar-refractivity contribution in [3.63, 3.8) is 0 Å². The number of benzene rings is 3. The Labute approximate surface area is 217 Å². The Hall–Kier alpha value is -4.05. The minimum absolute atomic E-state index is 0.0894. The number of nitrogens with one attached hydrogen (secondary N) is 1. The highest BCUT2D eigenvalue weighted by molar-refractivity contribution is 7.92. The topological polar surface area (TPSA) is 105 Å². The largest absolute Gasteiger partial charge is 0.497 e. The quantitative estimate of drug-likeness (QED) is 0.411. The SMILES string of the molecule is CNC(=O)[C@@H](C)N(Cc1cccc(OC)c1)C(=O)CN(c1ccc(Oc2ccccc2)cc1)S(C)(=O)=O. The van der Waals surface area contributed by atoms with Crippen molar-refractivity contribution in [1.29, 1.82) is 0 Å². The molecule has 0 aliphatic carbocycles. The van der Waals surface area contributed by atoms with E-state index in [9.17, 15) is 18.0 Å². The third-order valence-corrected chi connectivity index (χ3v) is 6.82. The van der Waals surface area contributed by atoms with E-state index in [1.165, 1.54) is 19.1 Å². The lowest BCUT2D eigenvalue weighted by molar-refractivity contribution is -0.139. The van der Waals surface area contributed by atoms with Crippen molar-refractivity contribution in [3.8, 4) is 17.2 Å². The summed E-state index contributed by atoms with van der Waals surface area (Å²) in [7, 11) is -0.811. The van der Waals surface area contributed by atoms with Gasteiger partial charge in [-0.25, -0.2) is 8.42 Å². The summed E-state index contributed by atoms with van der Waals surface area (Å²) in [5, 5.41) is 2.55. The van der Waals surface area contributed by atoms with E-state index < -0.39 is 28.5 Å². The highest BCUT2D eigenvalue weighted by Crippen LogP contribution is 2.26. The number of para-hydroxylation sites is 1. The monoisotopic (exact) mass is 525 g/mol. The number of sulfonamides is 1. The molecule has 1 atom stereocenters. The van der Waals surface area contributed by atoms with Crippen LogP contribution in [0.15, 0.2) is 78.9 Å². The molecule has 0 aliphatic heterocycles. The zero-order chi connectivity index (χ0) is 27.0. The maximum atomic E-state index is 13.5. The van der Waals surface area contributed by atoms with Crippen molar-refractivity contribution in [2.75, 3.05) is 31.3 Å². The smallest absolute Gasteiger partial charge is 0.244 e. The summed E-state index contributed by atoms with van der Waals surface area (Å²) in [4.78, 5) is 27.3. The molecule has 0 heterocycles. The lowest BCUT2D eigenvalue weighted by Crippen LogP contribution is -2.50. The predicted octanol–water partition coefficient (Wildman–Crippen LogP) is 3.42. The second kappa shape index (κ2) is 12.3. The minimum atomic E-state index is -3.83. The van der Waals surface area contributed by atoms with Crippen LogP contribution >= 0.6 is 0 Å². The van der Waals surface area contributed by atoms with Crippen LogP contribution < -0.4 is 19.1 Å². The van der Waals surface area contributed by atoms with Crippen LogP contribution in [0, 0.1) is 0 Å². The molecule has 0 aromatic heterocycles. The number of carbonyl (C=O) groups excluding carboxylic acids is 2. The van der Waals surface area contributed by atoms with E-state index in [1.54, 1.807) is 67.6 Å². The molecule has 3 aromatic carbocycles. The number of nitrogens with zero attached hydrogens (tertiary/aromatic N) is 2. The van der Waals surface area contributed by atoms with Crippen molar-refractivity contribution in [2.24, 2.45) is 0 Å². The molecule has 3 aromatic rings. The van der Waals surface area contributed by atoms with Gasteiger partial charge in [-0.05, 0) is 61.0 Å². The van der Waals surface area contributed by atoms with Gasteiger partial charge in [-0.3, -0.25) is 13.9 Å². The highest BCUT2D eigenvalue weighted by atomic mass is 32.2. The van der Waals surface area contributed by atoms with Crippen LogP contribution in [-0.2, 0) is 26.2 Å². The molecule has 0 aliphatic rings. The number of hydrogen-bond donors (Lipinski definition) is 1. The molecule has 1 N–H and O–H groups in total. The lowest BCUT2D eigenvalue weighted by Gasteiger charge is -2.31. The van der Waals surface area contributed by atoms with E-state index in [2.05, 4.69) is 5.32 Å². The first kappa shape index (κ1) is 27.5. The van der Waals surface area contributed by atoms with Gasteiger partial charge in [0.2, 0.25) is 21.8 Å². The van der Waals surface area contributed by atoms with Gasteiger partial charge in [-0.1, -0.05) is 30.3 Å². The van der Waals surface area contributed by atoms with Gasteiger partial charge in [0, 0.05) is 13.6 Å². The number of carbonyl (C=O) groups is 2. The summed E-state index contributed by atoms with van der Waals surface area (Å²) in [6.07, 6.45) is 1.03. The van der Waals surface area contributed by atoms with Gasteiger partial charge in [0.1, 0.15) is 29.8 Å². The molecular formula is C27H31N3O6S. The fraction of sp³-hybridized carbons (Fsp3) is 0.259. The Morgan fingerprint density at radius 1 is 0.919 bits per heavy atom. The second-order valence-corrected chi connectivity index (χ2v) is 10.2. The van der Waals surface area contributed by atoms with Crippen LogP contribution in [0.2, 0.25) is 0 Å². The first-order valence-corrected chi connectivity index (χ1v) is 13.4. The Morgan fingerprint density at radius 3 is 2.14 bits per heavy atom. The minimum Gasteiger partial charge on any atom is -0.497 e. The van der Waals surface area contributed by atoms with Crippen molar-refractivity contribution in [1.82, 2.24) is 10.2 Å². The zero-order valence-corrected chi connectivity index (χ0v) is 22.1. The van der Waals surface area contributed by atoms with Gasteiger partial charge in [0.15, 0.2) is 0 Å². The Kier molecular flexibility index (Phi) is 9.13. The highest BCUT2D eigenvalue weighted by Gasteiger charge is 2.29. The fourth-order valence-corrected chi connectivity index (χ4v) is 4.53. The molecule has 0 saturated carbocycles. The van der Waals surface area contributed by atoms with Gasteiger partial charge in [-0.2, -0.15) is 0 Å². The van der Waals surface area contributed by atoms with E-state index >= 15 is 0 Å². The van der Waals surface area contributed by atoms with Crippen molar-refractivity contribution in [3.05, 3.63) is 84.4 Å². The predicted molar refractivity (Wildman–Crippen MR) is 142 cm³/mol. The summed E-state index contributed by atoms with van der Waals surface area (Å²) < 4.78 is 37.4. The normalized spacial score (nSPS) is 11.8. The molecule has 0 bridgehead atoms. The first-order chi connectivity index (χ1) is 17.6. The summed E-state index contributed by atoms with van der Waals surface area (Å²) in [5.74, 6) is 0.857. The van der Waals surface area contributed by atoms with E-state index in [4.69, 9.17) is 9.47 Å². The molecule has 37 heavy (non-hydrogen) atoms. The van der Waals surface area contributed by atoms with Crippen molar-refractivity contribution in [2.45, 2.75) is 19.5 Å². The maximum Gasteiger partial charge on any atom is 0.244 e. The molecule has 0 radical (unpaired) electrons. The van der Waals surface area contributed by atoms with Crippen molar-refractivity contribution < 1.29 is 27.5 Å². The summed E-state index contributed by atoms with van der Waals surface area (Å²) in [5.41, 5.74) is 1.03. The number of anilines is 1. The second-order valence-electron chi connectivity index (χ2n) is 8.34. The van der Waals surface area contributed by atoms with Crippen LogP contribution in [0.25, 0.3) is 0 Å². The van der Waals surface area contributed by atoms with E-state index in [-0.39, 0.29) is 12.5 Å². The number of ether oxygens (including phenoxy) is 2. The van der Waals surface area contributed by atoms with Gasteiger partial charge in [0.25, 0.3) is 0 Å². The summed E-state index contributed by atoms with van der Waals surface area (Å²) in [6, 6.07) is 21.9. The molecule has 0 spiro atoms. The maximum absolute atomic E-state index is 13.5. The third kappa shape index (κ3) is 7.47. The molecule has 9 nitrogen and oxygen atoms in total. The van der Waals surface area contributed by atoms with Gasteiger partial charge >= 0.3 is 0 Å². The molecule has 0 unspecified atom stereocenters. The molecule has 0 saturated heterocycles. The van der Waals surface area contributed by atoms with E-state index in [0.717, 1.165) is 16.1 Å². The Morgan fingerprint density at radius 2 is 1.54 bits per heavy atom. The number of rotatable bonds is 11. The average molecular weight is 526 g/mol. The standard InChI is InChI=1S/C27H31N3O6S/c1-20(27(32)28-2)29(18-21-9-8-12-25(17-21)35-3)26(31)19-30(37(4,33)34)22-13-15-24(16-14-22)36-23-10-6-5-7-11-23/h5-17,20H,18-19H2,1-4H3,(H,28,32)/t20-/m1/s1. The third-order valence-electron chi connectivity index (χ3n) is 5.68. The number of methoxy groups -OCH3 is 1. The first-order valence-electron chi connectivity index (χ1n) is 11.6. The lowest BCUT2D eigenvalue weighted by atomic mass is 10.1. The van der Waals surface area contributed by atoms with Crippen LogP contribution in [0.1, 0.15) is 12.5 Å². The fourth-order valence-electron chi connectivity index (χ4n) is 3.68. The Balaban J connectivity index is 1.85. The van der Waals surface area contributed by atoms with Crippen LogP contribution in [-0.4, -0.2) is 58.1 Å². The van der Waals surface area contributed by atoms with Gasteiger partial charge in [0.05, 0.1) is 19.1 Å². The van der Waals surface area contributed by atoms with Gasteiger partial charge in [-0.15, -0.1) is 0 Å². The Bertz CT molecular complexity index is 1310. The van der Waals surface area contributed by atoms with E-state index in [1.807, 2.05) is 18.2 Å². The van der Waals surface area contributed by atoms with Crippen molar-refractivity contribution >= 4 is 27.5 Å². The molecule has 3 rings (SSSR count). The van der Waals surface area contributed by atoms with E-state index in [0.29, 0.717) is 22.9 Å². The summed E-state index contributed by atoms with van der Waals surface area (Å²) in [6.45, 7) is 1.20. The molecule has 196 valence electrons. The number of amides is 2. The van der Waals surface area contributed by atoms with Crippen LogP contribution in [0.5, 0.6) is 17.2 Å². The van der Waals surface area contributed by atoms with Crippen LogP contribution in [0.3, 0.4) is 0 Å². The number of likely N-dealkylation sites (N-methyl/N-ethyl adjacent to an activating group) is 1. The summed E-state index contributed by atoms with van der Waals surface area (Å²) >= 11 is 0. The molecule has 0 fully saturated rings. The average Bonchev–Trinajstić information content (AvgIpc) is 2.90. The number of hydrogen-bond acceptors (Lipinski definition) is 6. The van der Waals surface area contributed by atoms with Gasteiger partial charge < -0.3 is 19.7 Å². The van der Waals surface area contributed by atoms with Crippen LogP contribution in [0.4, 0.5) is 5.69 Å². The molecule has 10 heteroatoms. The molecule has 2 amide bonds. The zero-order valence-electron chi connectivity index (χ0n) is 21.2.